The Balaban J connectivity index is 1.44. The van der Waals surface area contributed by atoms with Gasteiger partial charge in [-0.05, 0) is 23.3 Å². The lowest BCUT2D eigenvalue weighted by molar-refractivity contribution is -0.373. The van der Waals surface area contributed by atoms with Crippen LogP contribution >= 0.6 is 11.8 Å². The maximum Gasteiger partial charge on any atom is 0.303 e. The van der Waals surface area contributed by atoms with Gasteiger partial charge in [-0.1, -0.05) is 90.6 Å². The number of ether oxygens (including phenoxy) is 20. The molecule has 3 aromatic carbocycles. The highest BCUT2D eigenvalue weighted by Gasteiger charge is 2.60. The summed E-state index contributed by atoms with van der Waals surface area (Å²) in [5, 5.41) is 0. The van der Waals surface area contributed by atoms with E-state index in [4.69, 9.17) is 94.7 Å². The fourth-order valence-corrected chi connectivity index (χ4v) is 12.2. The van der Waals surface area contributed by atoms with Crippen LogP contribution in [-0.2, 0) is 161 Å². The first-order valence-corrected chi connectivity index (χ1v) is 31.9. The van der Waals surface area contributed by atoms with Crippen molar-refractivity contribution >= 4 is 77.4 Å². The number of esters is 11. The van der Waals surface area contributed by atoms with Gasteiger partial charge in [0.05, 0.1) is 19.8 Å². The van der Waals surface area contributed by atoms with Gasteiger partial charge in [0.1, 0.15) is 68.0 Å². The van der Waals surface area contributed by atoms with Crippen LogP contribution in [0.2, 0.25) is 0 Å². The molecule has 0 saturated carbocycles. The van der Waals surface area contributed by atoms with Crippen LogP contribution in [0.3, 0.4) is 0 Å². The normalized spacial score (nSPS) is 29.7. The van der Waals surface area contributed by atoms with Crippen molar-refractivity contribution in [3.63, 3.8) is 0 Å². The average Bonchev–Trinajstić information content (AvgIpc) is 0.777. The fraction of sp³-hybridized carbons (Fsp3) is 0.561. The van der Waals surface area contributed by atoms with E-state index in [1.54, 1.807) is 91.0 Å². The fourth-order valence-electron chi connectivity index (χ4n) is 11.1. The molecule has 98 heavy (non-hydrogen) atoms. The summed E-state index contributed by atoms with van der Waals surface area (Å²) in [7, 11) is 0. The highest BCUT2D eigenvalue weighted by atomic mass is 32.2. The topological polar surface area (TPSA) is 372 Å². The second-order valence-electron chi connectivity index (χ2n) is 22.7. The van der Waals surface area contributed by atoms with E-state index in [0.29, 0.717) is 16.0 Å². The Labute approximate surface area is 567 Å². The molecule has 32 heteroatoms. The molecule has 0 radical (unpaired) electrons. The quantitative estimate of drug-likeness (QED) is 0.0705. The van der Waals surface area contributed by atoms with Crippen molar-refractivity contribution in [3.05, 3.63) is 102 Å². The molecule has 4 aliphatic rings. The molecule has 4 saturated heterocycles. The van der Waals surface area contributed by atoms with E-state index in [-0.39, 0.29) is 13.2 Å². The van der Waals surface area contributed by atoms with Crippen molar-refractivity contribution in [2.45, 2.75) is 216 Å². The minimum atomic E-state index is -2.06. The third-order valence-corrected chi connectivity index (χ3v) is 15.9. The Bertz CT molecular complexity index is 3190. The van der Waals surface area contributed by atoms with Crippen LogP contribution in [0, 0.1) is 0 Å². The lowest BCUT2D eigenvalue weighted by atomic mass is 9.95. The summed E-state index contributed by atoms with van der Waals surface area (Å²) in [5.41, 5.74) is 0.0607. The van der Waals surface area contributed by atoms with E-state index in [1.165, 1.54) is 0 Å². The zero-order chi connectivity index (χ0) is 71.3. The molecular weight excluding hydrogens is 1320 g/mol. The lowest BCUT2D eigenvalue weighted by Crippen LogP contribution is -2.68. The van der Waals surface area contributed by atoms with E-state index in [1.807, 2.05) is 0 Å². The number of carbonyl (C=O) groups is 11. The molecule has 0 spiro atoms. The molecule has 4 fully saturated rings. The molecule has 0 aliphatic carbocycles. The van der Waals surface area contributed by atoms with Gasteiger partial charge in [-0.2, -0.15) is 0 Å². The third-order valence-electron chi connectivity index (χ3n) is 14.7. The van der Waals surface area contributed by atoms with Crippen molar-refractivity contribution in [2.24, 2.45) is 0 Å². The smallest absolute Gasteiger partial charge is 0.303 e. The van der Waals surface area contributed by atoms with Crippen molar-refractivity contribution in [3.8, 4) is 0 Å². The maximum absolute atomic E-state index is 13.5. The standard InChI is InChI=1S/C66H80O31S/c1-33(67)78-29-48-52(84-36(4)70)56(87-39(7)73)59(97-65-61(91-43(11)77)58(89-41(9)75)54(86-38(6)72)50(94-65)31-80-35(3)69)63(92-48)83-32-47-51(81-27-44-21-15-12-16-22-44)55(62(82-28-45-23-17-13-18-24-45)66(95-47)98-46-25-19-14-20-26-46)96-64-60(90-42(10)76)57(88-40(8)74)53(85-37(5)71)49(93-64)30-79-34(2)68/h12-26,47-66H,27-32H2,1-11H3/t47-,48-,49-,50-,51-,52-,53-,54-,55+,56+,57+,58+,59+,60+,61+,62+,63+,64-,65-,66-/m1/s1. The minimum absolute atomic E-state index is 0.120. The van der Waals surface area contributed by atoms with Crippen molar-refractivity contribution in [2.75, 3.05) is 26.4 Å². The molecule has 0 N–H and O–H groups in total. The summed E-state index contributed by atoms with van der Waals surface area (Å²) in [6.45, 7) is 8.31. The zero-order valence-corrected chi connectivity index (χ0v) is 56.3. The number of benzene rings is 3. The number of thioether (sulfide) groups is 1. The monoisotopic (exact) mass is 1400 g/mol. The molecule has 0 bridgehead atoms. The van der Waals surface area contributed by atoms with Crippen LogP contribution in [0.25, 0.3) is 0 Å². The molecule has 4 aliphatic heterocycles. The molecule has 31 nitrogen and oxygen atoms in total. The Morgan fingerprint density at radius 2 is 0.602 bits per heavy atom. The summed E-state index contributed by atoms with van der Waals surface area (Å²) in [4.78, 5) is 143. The van der Waals surface area contributed by atoms with Gasteiger partial charge < -0.3 is 94.7 Å². The third kappa shape index (κ3) is 23.0. The summed E-state index contributed by atoms with van der Waals surface area (Å²) in [6.07, 6.45) is -32.6. The largest absolute Gasteiger partial charge is 0.463 e. The van der Waals surface area contributed by atoms with Crippen molar-refractivity contribution < 1.29 is 147 Å². The lowest BCUT2D eigenvalue weighted by Gasteiger charge is -2.50. The van der Waals surface area contributed by atoms with Gasteiger partial charge in [0, 0.05) is 81.1 Å². The van der Waals surface area contributed by atoms with Gasteiger partial charge in [0.15, 0.2) is 73.8 Å². The highest BCUT2D eigenvalue weighted by Crippen LogP contribution is 2.42. The molecule has 536 valence electrons. The van der Waals surface area contributed by atoms with Crippen LogP contribution in [0.15, 0.2) is 95.9 Å². The predicted octanol–water partition coefficient (Wildman–Crippen LogP) is 3.78. The van der Waals surface area contributed by atoms with Gasteiger partial charge in [-0.25, -0.2) is 0 Å². The van der Waals surface area contributed by atoms with Gasteiger partial charge in [-0.15, -0.1) is 0 Å². The van der Waals surface area contributed by atoms with Gasteiger partial charge in [0.25, 0.3) is 0 Å². The molecule has 4 heterocycles. The van der Waals surface area contributed by atoms with E-state index in [9.17, 15) is 52.7 Å². The number of hydrogen-bond donors (Lipinski definition) is 0. The molecule has 7 rings (SSSR count). The van der Waals surface area contributed by atoms with Crippen LogP contribution in [0.4, 0.5) is 0 Å². The number of carbonyl (C=O) groups excluding carboxylic acids is 11. The van der Waals surface area contributed by atoms with Crippen LogP contribution in [-0.4, -0.2) is 214 Å². The predicted molar refractivity (Wildman–Crippen MR) is 327 cm³/mol. The average molecular weight is 1400 g/mol. The Morgan fingerprint density at radius 1 is 0.296 bits per heavy atom. The first-order chi connectivity index (χ1) is 46.6. The summed E-state index contributed by atoms with van der Waals surface area (Å²) >= 11 is 1.14. The van der Waals surface area contributed by atoms with E-state index < -0.39 is 214 Å². The van der Waals surface area contributed by atoms with Crippen LogP contribution in [0.1, 0.15) is 87.3 Å². The van der Waals surface area contributed by atoms with Crippen LogP contribution in [0.5, 0.6) is 0 Å². The Hall–Kier alpha value is -8.18. The molecule has 0 aromatic heterocycles. The summed E-state index contributed by atoms with van der Waals surface area (Å²) in [6, 6.07) is 26.6. The second-order valence-corrected chi connectivity index (χ2v) is 23.8. The second kappa shape index (κ2) is 37.1. The molecule has 3 aromatic rings. The molecule has 20 atom stereocenters. The molecular formula is C66H80O31S. The Morgan fingerprint density at radius 3 is 0.969 bits per heavy atom. The van der Waals surface area contributed by atoms with E-state index in [0.717, 1.165) is 87.9 Å². The summed E-state index contributed by atoms with van der Waals surface area (Å²) < 4.78 is 124. The van der Waals surface area contributed by atoms with E-state index >= 15 is 0 Å². The first-order valence-electron chi connectivity index (χ1n) is 31.0. The first kappa shape index (κ1) is 77.2. The minimum Gasteiger partial charge on any atom is -0.463 e. The molecule has 0 unspecified atom stereocenters. The SMILES string of the molecule is CC(=O)OC[C@H]1O[C@H](O[C@@H]2[C@H](OCc3ccccc3)[C@@H](Sc3ccccc3)O[C@H](CO[C@H]3O[C@H](COC(C)=O)[C@@H](OC(C)=O)[C@H](OC(C)=O)[C@@H]3O[C@H]3O[C@H](COC(C)=O)[C@@H](OC(C)=O)[C@H](OC(C)=O)[C@@H]3OC(C)=O)[C@H]2OCc2ccccc2)[C@@H](OC(C)=O)[C@@H](OC(C)=O)[C@@H]1OC(C)=O. The van der Waals surface area contributed by atoms with Gasteiger partial charge >= 0.3 is 65.7 Å². The summed E-state index contributed by atoms with van der Waals surface area (Å²) in [5.74, 6) is -10.2. The Kier molecular flexibility index (Phi) is 29.2. The maximum atomic E-state index is 13.5. The van der Waals surface area contributed by atoms with E-state index in [2.05, 4.69) is 0 Å². The number of hydrogen-bond acceptors (Lipinski definition) is 32. The number of rotatable bonds is 29. The molecule has 0 amide bonds. The highest BCUT2D eigenvalue weighted by molar-refractivity contribution is 7.99. The van der Waals surface area contributed by atoms with Gasteiger partial charge in [-0.3, -0.25) is 52.7 Å². The van der Waals surface area contributed by atoms with Gasteiger partial charge in [0.2, 0.25) is 0 Å². The van der Waals surface area contributed by atoms with Crippen molar-refractivity contribution in [1.82, 2.24) is 0 Å². The zero-order valence-electron chi connectivity index (χ0n) is 55.5. The van der Waals surface area contributed by atoms with Crippen molar-refractivity contribution in [1.29, 1.82) is 0 Å². The van der Waals surface area contributed by atoms with Crippen LogP contribution < -0.4 is 0 Å².